The second-order valence-electron chi connectivity index (χ2n) is 5.60. The molecule has 1 aromatic carbocycles. The van der Waals surface area contributed by atoms with Crippen molar-refractivity contribution >= 4 is 27.9 Å². The second kappa shape index (κ2) is 8.93. The van der Waals surface area contributed by atoms with Crippen LogP contribution in [0.15, 0.2) is 27.9 Å². The van der Waals surface area contributed by atoms with Gasteiger partial charge in [-0.2, -0.15) is 0 Å². The van der Waals surface area contributed by atoms with Crippen LogP contribution in [0.1, 0.15) is 38.3 Å². The number of amides is 2. The first-order valence-electron chi connectivity index (χ1n) is 8.36. The predicted octanol–water partition coefficient (Wildman–Crippen LogP) is 3.44. The van der Waals surface area contributed by atoms with Crippen LogP contribution >= 0.6 is 15.9 Å². The molecule has 1 aliphatic heterocycles. The van der Waals surface area contributed by atoms with Gasteiger partial charge in [0.25, 0.3) is 0 Å². The number of esters is 1. The van der Waals surface area contributed by atoms with Crippen LogP contribution in [0.3, 0.4) is 0 Å². The summed E-state index contributed by atoms with van der Waals surface area (Å²) in [6.45, 7) is 3.97. The van der Waals surface area contributed by atoms with Gasteiger partial charge < -0.3 is 24.8 Å². The molecule has 1 aromatic rings. The molecule has 7 nitrogen and oxygen atoms in total. The van der Waals surface area contributed by atoms with Gasteiger partial charge in [0.05, 0.1) is 36.9 Å². The van der Waals surface area contributed by atoms with E-state index >= 15 is 0 Å². The summed E-state index contributed by atoms with van der Waals surface area (Å²) >= 11 is 3.51. The van der Waals surface area contributed by atoms with Crippen LogP contribution in [-0.2, 0) is 9.53 Å². The minimum Gasteiger partial charge on any atom is -0.493 e. The Hall–Kier alpha value is -2.22. The summed E-state index contributed by atoms with van der Waals surface area (Å²) in [6.07, 6.45) is 1.33. The van der Waals surface area contributed by atoms with E-state index < -0.39 is 12.0 Å². The minimum atomic E-state index is -0.668. The van der Waals surface area contributed by atoms with E-state index in [0.29, 0.717) is 39.2 Å². The summed E-state index contributed by atoms with van der Waals surface area (Å²) in [7, 11) is 3.07. The zero-order valence-corrected chi connectivity index (χ0v) is 16.9. The normalized spacial score (nSPS) is 16.7. The van der Waals surface area contributed by atoms with Gasteiger partial charge in [0, 0.05) is 5.70 Å². The quantitative estimate of drug-likeness (QED) is 0.652. The van der Waals surface area contributed by atoms with Crippen LogP contribution in [0, 0.1) is 0 Å². The van der Waals surface area contributed by atoms with Gasteiger partial charge in [0.2, 0.25) is 0 Å². The van der Waals surface area contributed by atoms with Crippen molar-refractivity contribution in [3.63, 3.8) is 0 Å². The van der Waals surface area contributed by atoms with Crippen molar-refractivity contribution < 1.29 is 23.8 Å². The number of urea groups is 1. The fraction of sp³-hybridized carbons (Fsp3) is 0.444. The fourth-order valence-corrected chi connectivity index (χ4v) is 3.59. The average Bonchev–Trinajstić information content (AvgIpc) is 2.61. The highest BCUT2D eigenvalue weighted by Crippen LogP contribution is 2.42. The van der Waals surface area contributed by atoms with Gasteiger partial charge in [0.15, 0.2) is 11.5 Å². The summed E-state index contributed by atoms with van der Waals surface area (Å²) in [6, 6.07) is 2.48. The van der Waals surface area contributed by atoms with E-state index in [-0.39, 0.29) is 12.6 Å². The maximum absolute atomic E-state index is 12.6. The summed E-state index contributed by atoms with van der Waals surface area (Å²) in [5, 5.41) is 5.54. The van der Waals surface area contributed by atoms with Gasteiger partial charge in [-0.05, 0) is 40.9 Å². The molecule has 0 saturated heterocycles. The molecule has 2 N–H and O–H groups in total. The van der Waals surface area contributed by atoms with Crippen LogP contribution in [0.4, 0.5) is 4.79 Å². The van der Waals surface area contributed by atoms with E-state index in [2.05, 4.69) is 26.6 Å². The van der Waals surface area contributed by atoms with Crippen LogP contribution in [0.5, 0.6) is 11.5 Å². The van der Waals surface area contributed by atoms with E-state index in [1.165, 1.54) is 7.11 Å². The van der Waals surface area contributed by atoms with Gasteiger partial charge in [-0.25, -0.2) is 9.59 Å². The zero-order chi connectivity index (χ0) is 19.3. The number of hydrogen-bond acceptors (Lipinski definition) is 5. The molecule has 0 saturated carbocycles. The molecule has 0 aromatic heterocycles. The number of carbonyl (C=O) groups excluding carboxylic acids is 2. The van der Waals surface area contributed by atoms with Crippen molar-refractivity contribution in [1.29, 1.82) is 0 Å². The third kappa shape index (κ3) is 3.95. The lowest BCUT2D eigenvalue weighted by Gasteiger charge is -2.30. The molecule has 0 spiro atoms. The maximum Gasteiger partial charge on any atom is 0.338 e. The van der Waals surface area contributed by atoms with E-state index in [1.54, 1.807) is 26.2 Å². The first kappa shape index (κ1) is 20.1. The van der Waals surface area contributed by atoms with Gasteiger partial charge in [0.1, 0.15) is 0 Å². The number of hydrogen-bond donors (Lipinski definition) is 2. The molecule has 26 heavy (non-hydrogen) atoms. The number of halogens is 1. The molecule has 1 aliphatic rings. The SMILES string of the molecule is CCCC1=C(C(=O)OCC)C(c2ccc(OC)c(OC)c2Br)NC(=O)N1. The topological polar surface area (TPSA) is 85.9 Å². The number of allylic oxidation sites excluding steroid dienone is 1. The van der Waals surface area contributed by atoms with Crippen molar-refractivity contribution in [3.8, 4) is 11.5 Å². The minimum absolute atomic E-state index is 0.246. The largest absolute Gasteiger partial charge is 0.493 e. The standard InChI is InChI=1S/C18H23BrN2O5/c1-5-7-11-13(17(22)26-6-2)15(21-18(23)20-11)10-8-9-12(24-3)16(25-4)14(10)19/h8-9,15H,5-7H2,1-4H3,(H2,20,21,23). The van der Waals surface area contributed by atoms with Crippen LogP contribution in [0.2, 0.25) is 0 Å². The average molecular weight is 427 g/mol. The van der Waals surface area contributed by atoms with Gasteiger partial charge >= 0.3 is 12.0 Å². The third-order valence-corrected chi connectivity index (χ3v) is 4.79. The highest BCUT2D eigenvalue weighted by Gasteiger charge is 2.35. The number of benzene rings is 1. The van der Waals surface area contributed by atoms with E-state index in [1.807, 2.05) is 6.92 Å². The van der Waals surface area contributed by atoms with Crippen molar-refractivity contribution in [2.75, 3.05) is 20.8 Å². The molecule has 8 heteroatoms. The summed E-state index contributed by atoms with van der Waals surface area (Å²) in [5.74, 6) is 0.562. The first-order valence-corrected chi connectivity index (χ1v) is 9.15. The highest BCUT2D eigenvalue weighted by molar-refractivity contribution is 9.10. The summed E-state index contributed by atoms with van der Waals surface area (Å²) in [5.41, 5.74) is 1.64. The predicted molar refractivity (Wildman–Crippen MR) is 100 cm³/mol. The summed E-state index contributed by atoms with van der Waals surface area (Å²) in [4.78, 5) is 24.8. The van der Waals surface area contributed by atoms with Crippen molar-refractivity contribution in [2.45, 2.75) is 32.7 Å². The zero-order valence-electron chi connectivity index (χ0n) is 15.3. The van der Waals surface area contributed by atoms with Gasteiger partial charge in [-0.1, -0.05) is 19.4 Å². The fourth-order valence-electron chi connectivity index (χ4n) is 2.88. The Morgan fingerprint density at radius 2 is 1.96 bits per heavy atom. The van der Waals surface area contributed by atoms with E-state index in [9.17, 15) is 9.59 Å². The van der Waals surface area contributed by atoms with Crippen molar-refractivity contribution in [1.82, 2.24) is 10.6 Å². The number of carbonyl (C=O) groups is 2. The molecular weight excluding hydrogens is 404 g/mol. The maximum atomic E-state index is 12.6. The van der Waals surface area contributed by atoms with Crippen LogP contribution in [-0.4, -0.2) is 32.8 Å². The number of rotatable bonds is 7. The van der Waals surface area contributed by atoms with Crippen molar-refractivity contribution in [3.05, 3.63) is 33.4 Å². The third-order valence-electron chi connectivity index (χ3n) is 3.97. The number of ether oxygens (including phenoxy) is 3. The lowest BCUT2D eigenvalue weighted by Crippen LogP contribution is -2.46. The summed E-state index contributed by atoms with van der Waals surface area (Å²) < 4.78 is 16.5. The number of methoxy groups -OCH3 is 2. The Morgan fingerprint density at radius 3 is 2.54 bits per heavy atom. The lowest BCUT2D eigenvalue weighted by molar-refractivity contribution is -0.139. The highest BCUT2D eigenvalue weighted by atomic mass is 79.9. The monoisotopic (exact) mass is 426 g/mol. The van der Waals surface area contributed by atoms with Crippen molar-refractivity contribution in [2.24, 2.45) is 0 Å². The molecule has 0 aliphatic carbocycles. The molecule has 142 valence electrons. The molecule has 0 bridgehead atoms. The molecular formula is C18H23BrN2O5. The molecule has 0 fully saturated rings. The molecule has 1 heterocycles. The Bertz CT molecular complexity index is 733. The molecule has 1 atom stereocenters. The van der Waals surface area contributed by atoms with E-state index in [0.717, 1.165) is 6.42 Å². The Morgan fingerprint density at radius 1 is 1.23 bits per heavy atom. The Kier molecular flexibility index (Phi) is 6.90. The van der Waals surface area contributed by atoms with E-state index in [4.69, 9.17) is 14.2 Å². The first-order chi connectivity index (χ1) is 12.5. The van der Waals surface area contributed by atoms with Gasteiger partial charge in [-0.15, -0.1) is 0 Å². The van der Waals surface area contributed by atoms with Crippen LogP contribution < -0.4 is 20.1 Å². The number of nitrogens with one attached hydrogen (secondary N) is 2. The molecule has 2 amide bonds. The molecule has 1 unspecified atom stereocenters. The lowest BCUT2D eigenvalue weighted by atomic mass is 9.93. The van der Waals surface area contributed by atoms with Crippen LogP contribution in [0.25, 0.3) is 0 Å². The molecule has 0 radical (unpaired) electrons. The van der Waals surface area contributed by atoms with Gasteiger partial charge in [-0.3, -0.25) is 0 Å². The Labute approximate surface area is 161 Å². The molecule has 2 rings (SSSR count). The smallest absolute Gasteiger partial charge is 0.338 e. The second-order valence-corrected chi connectivity index (χ2v) is 6.39. The Balaban J connectivity index is 2.62.